The van der Waals surface area contributed by atoms with Crippen molar-refractivity contribution in [3.63, 3.8) is 0 Å². The van der Waals surface area contributed by atoms with E-state index < -0.39 is 4.92 Å². The second-order valence-corrected chi connectivity index (χ2v) is 1.53. The number of rotatable bonds is 2. The third-order valence-electron chi connectivity index (χ3n) is 0.794. The first kappa shape index (κ1) is 7.94. The fourth-order valence-corrected chi connectivity index (χ4v) is 0.380. The van der Waals surface area contributed by atoms with Crippen LogP contribution in [-0.2, 0) is 0 Å². The van der Waals surface area contributed by atoms with Crippen LogP contribution in [0.1, 0.15) is 6.92 Å². The Morgan fingerprint density at radius 3 is 2.33 bits per heavy atom. The van der Waals surface area contributed by atoms with Crippen LogP contribution in [0, 0.1) is 10.1 Å². The van der Waals surface area contributed by atoms with Gasteiger partial charge in [-0.25, -0.2) is 0 Å². The predicted molar refractivity (Wildman–Crippen MR) is 35.6 cm³/mol. The minimum atomic E-state index is -0.567. The van der Waals surface area contributed by atoms with E-state index >= 15 is 0 Å². The Kier molecular flexibility index (Phi) is 2.71. The lowest BCUT2D eigenvalue weighted by Gasteiger charge is -1.90. The van der Waals surface area contributed by atoms with Crippen LogP contribution in [0.4, 0.5) is 0 Å². The van der Waals surface area contributed by atoms with Gasteiger partial charge in [0, 0.05) is 6.08 Å². The van der Waals surface area contributed by atoms with Crippen molar-refractivity contribution < 1.29 is 4.92 Å². The van der Waals surface area contributed by atoms with Crippen molar-refractivity contribution in [3.05, 3.63) is 33.9 Å². The van der Waals surface area contributed by atoms with Gasteiger partial charge in [0.1, 0.15) is 7.85 Å². The number of hydrogen-bond donors (Lipinski definition) is 0. The first-order valence-corrected chi connectivity index (χ1v) is 2.32. The first-order valence-electron chi connectivity index (χ1n) is 2.32. The summed E-state index contributed by atoms with van der Waals surface area (Å²) in [6.45, 7) is 4.68. The van der Waals surface area contributed by atoms with E-state index in [1.807, 2.05) is 0 Å². The number of allylic oxidation sites excluding steroid dienone is 2. The van der Waals surface area contributed by atoms with Crippen LogP contribution in [0.25, 0.3) is 0 Å². The molecule has 0 aromatic carbocycles. The van der Waals surface area contributed by atoms with Crippen molar-refractivity contribution in [2.24, 2.45) is 0 Å². The molecule has 0 aliphatic carbocycles. The van der Waals surface area contributed by atoms with Crippen LogP contribution in [0.3, 0.4) is 0 Å². The Balaban J connectivity index is 4.55. The zero-order valence-electron chi connectivity index (χ0n) is 5.13. The van der Waals surface area contributed by atoms with Crippen LogP contribution in [0.15, 0.2) is 23.8 Å². The Bertz CT molecular complexity index is 170. The van der Waals surface area contributed by atoms with Crippen molar-refractivity contribution in [3.8, 4) is 0 Å². The summed E-state index contributed by atoms with van der Waals surface area (Å²) < 4.78 is 0. The molecule has 0 aliphatic rings. The second-order valence-electron chi connectivity index (χ2n) is 1.53. The number of nitrogens with zero attached hydrogens (tertiary/aromatic N) is 1. The van der Waals surface area contributed by atoms with Crippen LogP contribution < -0.4 is 0 Å². The van der Waals surface area contributed by atoms with Gasteiger partial charge in [-0.15, -0.1) is 0 Å². The van der Waals surface area contributed by atoms with Crippen molar-refractivity contribution in [2.75, 3.05) is 0 Å². The summed E-state index contributed by atoms with van der Waals surface area (Å²) in [6, 6.07) is 0. The molecule has 0 saturated carbocycles. The van der Waals surface area contributed by atoms with Gasteiger partial charge in [0.2, 0.25) is 0 Å². The van der Waals surface area contributed by atoms with E-state index in [0.29, 0.717) is 0 Å². The lowest BCUT2D eigenvalue weighted by atomic mass is 9.96. The summed E-state index contributed by atoms with van der Waals surface area (Å²) in [5, 5.41) is 9.97. The van der Waals surface area contributed by atoms with E-state index in [4.69, 9.17) is 7.85 Å². The topological polar surface area (TPSA) is 43.1 Å². The molecule has 0 aromatic heterocycles. The Morgan fingerprint density at radius 1 is 1.89 bits per heavy atom. The number of nitro groups is 1. The lowest BCUT2D eigenvalue weighted by molar-refractivity contribution is -0.419. The molecule has 0 fully saturated rings. The molecule has 0 N–H and O–H groups in total. The Hall–Kier alpha value is -1.06. The summed E-state index contributed by atoms with van der Waals surface area (Å²) in [7, 11) is 5.11. The van der Waals surface area contributed by atoms with E-state index in [1.54, 1.807) is 0 Å². The normalized spacial score (nSPS) is 12.1. The fraction of sp³-hybridized carbons (Fsp3) is 0.200. The summed E-state index contributed by atoms with van der Waals surface area (Å²) in [6.07, 6.45) is 1.12. The highest BCUT2D eigenvalue weighted by molar-refractivity contribution is 6.21. The SMILES string of the molecule is [B]/C(C)=C(/C=C)[N+](=O)[O-]. The smallest absolute Gasteiger partial charge is 0.257 e. The summed E-state index contributed by atoms with van der Waals surface area (Å²) in [5.41, 5.74) is 0.0463. The second kappa shape index (κ2) is 3.07. The molecule has 0 amide bonds. The molecule has 0 unspecified atom stereocenters. The number of hydrogen-bond acceptors (Lipinski definition) is 2. The molecule has 0 heterocycles. The quantitative estimate of drug-likeness (QED) is 0.236. The molecular formula is C5H6BNO2. The van der Waals surface area contributed by atoms with Crippen LogP contribution in [0.5, 0.6) is 0 Å². The van der Waals surface area contributed by atoms with Gasteiger partial charge in [0.15, 0.2) is 0 Å². The molecule has 0 rings (SSSR count). The molecule has 0 bridgehead atoms. The first-order chi connectivity index (χ1) is 4.09. The fourth-order valence-electron chi connectivity index (χ4n) is 0.380. The Labute approximate surface area is 54.6 Å². The van der Waals surface area contributed by atoms with E-state index in [0.717, 1.165) is 6.08 Å². The summed E-state index contributed by atoms with van der Waals surface area (Å²) >= 11 is 0. The molecule has 9 heavy (non-hydrogen) atoms. The van der Waals surface area contributed by atoms with E-state index in [1.165, 1.54) is 6.92 Å². The standard InChI is InChI=1S/C5H6BNO2/c1-3-5(4(2)6)7(8)9/h3H,1H2,2H3/b5-4-. The van der Waals surface area contributed by atoms with Crippen molar-refractivity contribution in [2.45, 2.75) is 6.92 Å². The highest BCUT2D eigenvalue weighted by atomic mass is 16.6. The molecular weight excluding hydrogens is 117 g/mol. The Morgan fingerprint density at radius 2 is 2.33 bits per heavy atom. The summed E-state index contributed by atoms with van der Waals surface area (Å²) in [4.78, 5) is 9.40. The average molecular weight is 123 g/mol. The van der Waals surface area contributed by atoms with Gasteiger partial charge >= 0.3 is 0 Å². The van der Waals surface area contributed by atoms with E-state index in [9.17, 15) is 10.1 Å². The van der Waals surface area contributed by atoms with Crippen LogP contribution in [-0.4, -0.2) is 12.8 Å². The zero-order chi connectivity index (χ0) is 7.44. The highest BCUT2D eigenvalue weighted by Crippen LogP contribution is 2.00. The maximum atomic E-state index is 9.97. The maximum absolute atomic E-state index is 9.97. The van der Waals surface area contributed by atoms with Crippen molar-refractivity contribution in [1.29, 1.82) is 0 Å². The zero-order valence-corrected chi connectivity index (χ0v) is 5.13. The molecule has 4 heteroatoms. The maximum Gasteiger partial charge on any atom is 0.257 e. The largest absolute Gasteiger partial charge is 0.258 e. The minimum Gasteiger partial charge on any atom is -0.258 e. The van der Waals surface area contributed by atoms with Gasteiger partial charge in [-0.1, -0.05) is 6.58 Å². The minimum absolute atomic E-state index is 0.130. The monoisotopic (exact) mass is 123 g/mol. The van der Waals surface area contributed by atoms with Gasteiger partial charge in [-0.3, -0.25) is 10.1 Å². The van der Waals surface area contributed by atoms with Gasteiger partial charge in [0.25, 0.3) is 5.70 Å². The van der Waals surface area contributed by atoms with Gasteiger partial charge < -0.3 is 0 Å². The molecule has 3 nitrogen and oxygen atoms in total. The third kappa shape index (κ3) is 2.12. The average Bonchev–Trinajstić information content (AvgIpc) is 1.64. The molecule has 2 radical (unpaired) electrons. The van der Waals surface area contributed by atoms with Crippen molar-refractivity contribution in [1.82, 2.24) is 0 Å². The van der Waals surface area contributed by atoms with Gasteiger partial charge in [-0.2, -0.15) is 0 Å². The summed E-state index contributed by atoms with van der Waals surface area (Å²) in [5.74, 6) is 0. The molecule has 0 saturated heterocycles. The van der Waals surface area contributed by atoms with E-state index in [-0.39, 0.29) is 11.2 Å². The van der Waals surface area contributed by atoms with E-state index in [2.05, 4.69) is 6.58 Å². The molecule has 0 aliphatic heterocycles. The molecule has 46 valence electrons. The van der Waals surface area contributed by atoms with Gasteiger partial charge in [-0.05, 0) is 12.4 Å². The predicted octanol–water partition coefficient (Wildman–Crippen LogP) is 0.849. The third-order valence-corrected chi connectivity index (χ3v) is 0.794. The molecule has 0 aromatic rings. The van der Waals surface area contributed by atoms with Crippen molar-refractivity contribution >= 4 is 7.85 Å². The molecule has 0 spiro atoms. The van der Waals surface area contributed by atoms with Crippen LogP contribution in [0.2, 0.25) is 0 Å². The highest BCUT2D eigenvalue weighted by Gasteiger charge is 2.04. The lowest BCUT2D eigenvalue weighted by Crippen LogP contribution is -1.98. The van der Waals surface area contributed by atoms with Gasteiger partial charge in [0.05, 0.1) is 4.92 Å². The van der Waals surface area contributed by atoms with Crippen LogP contribution >= 0.6 is 0 Å². The molecule has 0 atom stereocenters.